The van der Waals surface area contributed by atoms with Gasteiger partial charge in [0.25, 0.3) is 0 Å². The molecule has 0 saturated carbocycles. The third-order valence-corrected chi connectivity index (χ3v) is 2.30. The van der Waals surface area contributed by atoms with Crippen molar-refractivity contribution >= 4 is 0 Å². The number of hydrogen-bond donors (Lipinski definition) is 0. The maximum atomic E-state index is 5.57. The number of ether oxygens (including phenoxy) is 1. The molecule has 0 spiro atoms. The average molecular weight is 226 g/mol. The molecular formula is C14H14N2O. The summed E-state index contributed by atoms with van der Waals surface area (Å²) in [5, 5.41) is 7.88. The van der Waals surface area contributed by atoms with E-state index in [4.69, 9.17) is 4.74 Å². The van der Waals surface area contributed by atoms with Gasteiger partial charge in [-0.05, 0) is 37.1 Å². The zero-order valence-corrected chi connectivity index (χ0v) is 9.76. The van der Waals surface area contributed by atoms with Crippen LogP contribution in [0.5, 0.6) is 11.6 Å². The third-order valence-electron chi connectivity index (χ3n) is 2.30. The van der Waals surface area contributed by atoms with E-state index >= 15 is 0 Å². The van der Waals surface area contributed by atoms with Gasteiger partial charge in [-0.3, -0.25) is 0 Å². The summed E-state index contributed by atoms with van der Waals surface area (Å²) < 4.78 is 5.57. The van der Waals surface area contributed by atoms with Crippen LogP contribution < -0.4 is 4.74 Å². The Labute approximate surface area is 101 Å². The fraction of sp³-hybridized carbons (Fsp3) is 0.143. The van der Waals surface area contributed by atoms with Gasteiger partial charge >= 0.3 is 0 Å². The quantitative estimate of drug-likeness (QED) is 0.750. The maximum absolute atomic E-state index is 5.57. The first-order valence-corrected chi connectivity index (χ1v) is 5.46. The summed E-state index contributed by atoms with van der Waals surface area (Å²) in [6.45, 7) is 5.59. The second-order valence-corrected chi connectivity index (χ2v) is 3.75. The number of allylic oxidation sites excluding steroid dienone is 1. The Balaban J connectivity index is 2.08. The zero-order chi connectivity index (χ0) is 12.1. The predicted molar refractivity (Wildman–Crippen MR) is 67.2 cm³/mol. The first-order chi connectivity index (χ1) is 8.28. The van der Waals surface area contributed by atoms with Gasteiger partial charge in [-0.15, -0.1) is 11.7 Å². The Morgan fingerprint density at radius 2 is 1.88 bits per heavy atom. The molecule has 0 unspecified atom stereocenters. The van der Waals surface area contributed by atoms with Gasteiger partial charge in [0.05, 0.1) is 5.69 Å². The van der Waals surface area contributed by atoms with Crippen molar-refractivity contribution in [1.82, 2.24) is 10.2 Å². The number of aromatic nitrogens is 2. The molecule has 0 aliphatic heterocycles. The highest BCUT2D eigenvalue weighted by molar-refractivity contribution is 5.31. The van der Waals surface area contributed by atoms with Crippen LogP contribution in [0.4, 0.5) is 0 Å². The first-order valence-electron chi connectivity index (χ1n) is 5.46. The van der Waals surface area contributed by atoms with Crippen LogP contribution in [0, 0.1) is 6.92 Å². The number of rotatable bonds is 4. The number of hydrogen-bond acceptors (Lipinski definition) is 3. The zero-order valence-electron chi connectivity index (χ0n) is 9.76. The first kappa shape index (κ1) is 11.3. The minimum Gasteiger partial charge on any atom is -0.438 e. The molecule has 86 valence electrons. The molecule has 1 aromatic heterocycles. The van der Waals surface area contributed by atoms with Gasteiger partial charge in [0.2, 0.25) is 5.88 Å². The Bertz CT molecular complexity index is 489. The summed E-state index contributed by atoms with van der Waals surface area (Å²) in [6, 6.07) is 11.5. The van der Waals surface area contributed by atoms with Crippen molar-refractivity contribution in [2.75, 3.05) is 0 Å². The molecule has 0 bridgehead atoms. The Kier molecular flexibility index (Phi) is 3.50. The molecule has 1 heterocycles. The standard InChI is InChI=1S/C14H14N2O/c1-3-4-12-6-8-13(9-7-12)17-14-10-5-11(2)15-16-14/h3,5-10H,1,4H2,2H3. The highest BCUT2D eigenvalue weighted by Gasteiger charge is 1.99. The molecule has 3 nitrogen and oxygen atoms in total. The van der Waals surface area contributed by atoms with Crippen molar-refractivity contribution in [2.24, 2.45) is 0 Å². The molecule has 17 heavy (non-hydrogen) atoms. The van der Waals surface area contributed by atoms with Crippen LogP contribution in [0.1, 0.15) is 11.3 Å². The van der Waals surface area contributed by atoms with Gasteiger partial charge in [0.1, 0.15) is 5.75 Å². The molecular weight excluding hydrogens is 212 g/mol. The second kappa shape index (κ2) is 5.25. The number of aryl methyl sites for hydroxylation is 1. The highest BCUT2D eigenvalue weighted by Crippen LogP contribution is 2.19. The summed E-state index contributed by atoms with van der Waals surface area (Å²) in [6.07, 6.45) is 2.74. The van der Waals surface area contributed by atoms with Gasteiger partial charge in [-0.25, -0.2) is 0 Å². The van der Waals surface area contributed by atoms with Crippen LogP contribution in [0.2, 0.25) is 0 Å². The summed E-state index contributed by atoms with van der Waals surface area (Å²) in [5.41, 5.74) is 2.08. The Morgan fingerprint density at radius 3 is 2.47 bits per heavy atom. The van der Waals surface area contributed by atoms with Gasteiger partial charge < -0.3 is 4.74 Å². The SMILES string of the molecule is C=CCc1ccc(Oc2ccc(C)nn2)cc1. The molecule has 0 saturated heterocycles. The molecule has 0 N–H and O–H groups in total. The van der Waals surface area contributed by atoms with E-state index in [0.717, 1.165) is 17.9 Å². The van der Waals surface area contributed by atoms with Crippen molar-refractivity contribution in [1.29, 1.82) is 0 Å². The molecule has 1 aromatic carbocycles. The van der Waals surface area contributed by atoms with E-state index in [1.54, 1.807) is 6.07 Å². The van der Waals surface area contributed by atoms with Crippen LogP contribution in [-0.4, -0.2) is 10.2 Å². The van der Waals surface area contributed by atoms with E-state index in [0.29, 0.717) is 5.88 Å². The van der Waals surface area contributed by atoms with Gasteiger partial charge in [-0.1, -0.05) is 18.2 Å². The van der Waals surface area contributed by atoms with E-state index < -0.39 is 0 Å². The number of benzene rings is 1. The van der Waals surface area contributed by atoms with Crippen molar-refractivity contribution in [3.8, 4) is 11.6 Å². The van der Waals surface area contributed by atoms with Crippen LogP contribution in [0.25, 0.3) is 0 Å². The lowest BCUT2D eigenvalue weighted by Crippen LogP contribution is -1.91. The van der Waals surface area contributed by atoms with E-state index in [2.05, 4.69) is 16.8 Å². The molecule has 2 rings (SSSR count). The topological polar surface area (TPSA) is 35.0 Å². The fourth-order valence-electron chi connectivity index (χ4n) is 1.42. The lowest BCUT2D eigenvalue weighted by atomic mass is 10.1. The summed E-state index contributed by atoms with van der Waals surface area (Å²) in [5.74, 6) is 1.27. The van der Waals surface area contributed by atoms with Crippen LogP contribution >= 0.6 is 0 Å². The molecule has 0 aliphatic carbocycles. The second-order valence-electron chi connectivity index (χ2n) is 3.75. The molecule has 0 atom stereocenters. The fourth-order valence-corrected chi connectivity index (χ4v) is 1.42. The highest BCUT2D eigenvalue weighted by atomic mass is 16.5. The lowest BCUT2D eigenvalue weighted by Gasteiger charge is -2.04. The number of nitrogens with zero attached hydrogens (tertiary/aromatic N) is 2. The molecule has 0 aliphatic rings. The molecule has 0 amide bonds. The molecule has 0 radical (unpaired) electrons. The van der Waals surface area contributed by atoms with Crippen molar-refractivity contribution in [3.05, 3.63) is 60.3 Å². The minimum absolute atomic E-state index is 0.507. The summed E-state index contributed by atoms with van der Waals surface area (Å²) in [7, 11) is 0. The molecule has 3 heteroatoms. The Hall–Kier alpha value is -2.16. The van der Waals surface area contributed by atoms with Crippen LogP contribution in [-0.2, 0) is 6.42 Å². The van der Waals surface area contributed by atoms with E-state index in [9.17, 15) is 0 Å². The third kappa shape index (κ3) is 3.14. The normalized spacial score (nSPS) is 9.94. The molecule has 0 fully saturated rings. The average Bonchev–Trinajstić information content (AvgIpc) is 2.35. The smallest absolute Gasteiger partial charge is 0.238 e. The van der Waals surface area contributed by atoms with E-state index in [1.165, 1.54) is 5.56 Å². The Morgan fingerprint density at radius 1 is 1.12 bits per heavy atom. The monoisotopic (exact) mass is 226 g/mol. The van der Waals surface area contributed by atoms with Gasteiger partial charge in [-0.2, -0.15) is 5.10 Å². The molecule has 2 aromatic rings. The van der Waals surface area contributed by atoms with E-state index in [1.807, 2.05) is 43.3 Å². The van der Waals surface area contributed by atoms with Gasteiger partial charge in [0, 0.05) is 6.07 Å². The largest absolute Gasteiger partial charge is 0.438 e. The van der Waals surface area contributed by atoms with Crippen molar-refractivity contribution in [2.45, 2.75) is 13.3 Å². The van der Waals surface area contributed by atoms with Gasteiger partial charge in [0.15, 0.2) is 0 Å². The van der Waals surface area contributed by atoms with Crippen LogP contribution in [0.15, 0.2) is 49.1 Å². The van der Waals surface area contributed by atoms with Crippen molar-refractivity contribution in [3.63, 3.8) is 0 Å². The lowest BCUT2D eigenvalue weighted by molar-refractivity contribution is 0.454. The van der Waals surface area contributed by atoms with Crippen LogP contribution in [0.3, 0.4) is 0 Å². The summed E-state index contributed by atoms with van der Waals surface area (Å²) >= 11 is 0. The maximum Gasteiger partial charge on any atom is 0.238 e. The minimum atomic E-state index is 0.507. The van der Waals surface area contributed by atoms with Crippen molar-refractivity contribution < 1.29 is 4.74 Å². The van der Waals surface area contributed by atoms with E-state index in [-0.39, 0.29) is 0 Å². The summed E-state index contributed by atoms with van der Waals surface area (Å²) in [4.78, 5) is 0. The predicted octanol–water partition coefficient (Wildman–Crippen LogP) is 3.31.